The normalized spacial score (nSPS) is 17.5. The van der Waals surface area contributed by atoms with Crippen molar-refractivity contribution in [3.8, 4) is 5.75 Å². The van der Waals surface area contributed by atoms with E-state index in [-0.39, 0.29) is 12.5 Å². The maximum absolute atomic E-state index is 12.2. The number of anilines is 1. The number of piperidine rings is 1. The van der Waals surface area contributed by atoms with Crippen molar-refractivity contribution in [2.24, 2.45) is 0 Å². The Bertz CT molecular complexity index is 752. The maximum atomic E-state index is 12.2. The Kier molecular flexibility index (Phi) is 9.91. The fourth-order valence-electron chi connectivity index (χ4n) is 4.03. The second-order valence-electron chi connectivity index (χ2n) is 7.93. The van der Waals surface area contributed by atoms with Gasteiger partial charge in [-0.05, 0) is 62.9 Å². The maximum Gasteiger partial charge on any atom is 0.232 e. The highest BCUT2D eigenvalue weighted by molar-refractivity contribution is 7.92. The summed E-state index contributed by atoms with van der Waals surface area (Å²) in [6, 6.07) is 7.57. The van der Waals surface area contributed by atoms with Crippen molar-refractivity contribution in [3.05, 3.63) is 24.3 Å². The predicted octanol–water partition coefficient (Wildman–Crippen LogP) is 3.01. The second kappa shape index (κ2) is 12.2. The van der Waals surface area contributed by atoms with Gasteiger partial charge in [0.1, 0.15) is 5.75 Å². The highest BCUT2D eigenvalue weighted by Crippen LogP contribution is 2.22. The van der Waals surface area contributed by atoms with Crippen molar-refractivity contribution < 1.29 is 17.9 Å². The quantitative estimate of drug-likeness (QED) is 0.507. The van der Waals surface area contributed by atoms with Gasteiger partial charge in [0.2, 0.25) is 15.9 Å². The third kappa shape index (κ3) is 7.80. The number of hydrogen-bond acceptors (Lipinski definition) is 5. The molecule has 0 aromatic heterocycles. The monoisotopic (exact) mass is 439 g/mol. The van der Waals surface area contributed by atoms with Crippen LogP contribution >= 0.6 is 0 Å². The first-order valence-electron chi connectivity index (χ1n) is 11.0. The Morgan fingerprint density at radius 2 is 1.97 bits per heavy atom. The summed E-state index contributed by atoms with van der Waals surface area (Å²) in [5.41, 5.74) is 0.575. The van der Waals surface area contributed by atoms with Crippen molar-refractivity contribution in [3.63, 3.8) is 0 Å². The molecule has 0 saturated carbocycles. The molecule has 0 bridgehead atoms. The fraction of sp³-hybridized carbons (Fsp3) is 0.682. The van der Waals surface area contributed by atoms with Gasteiger partial charge in [0, 0.05) is 32.1 Å². The van der Waals surface area contributed by atoms with Gasteiger partial charge in [0.25, 0.3) is 0 Å². The SMILES string of the molecule is CC[C@H]1CCCCN1CCCNC(=O)CCCN(c1ccc(OC)cc1)S(C)(=O)=O. The Labute approximate surface area is 181 Å². The minimum atomic E-state index is -3.42. The molecule has 1 aliphatic rings. The molecule has 7 nitrogen and oxygen atoms in total. The lowest BCUT2D eigenvalue weighted by molar-refractivity contribution is -0.121. The number of carbonyl (C=O) groups excluding carboxylic acids is 1. The van der Waals surface area contributed by atoms with Crippen LogP contribution in [0.25, 0.3) is 0 Å². The van der Waals surface area contributed by atoms with Gasteiger partial charge in [-0.1, -0.05) is 13.3 Å². The first kappa shape index (κ1) is 24.5. The number of methoxy groups -OCH3 is 1. The lowest BCUT2D eigenvalue weighted by Crippen LogP contribution is -2.40. The first-order valence-corrected chi connectivity index (χ1v) is 12.8. The summed E-state index contributed by atoms with van der Waals surface area (Å²) in [5.74, 6) is 0.644. The highest BCUT2D eigenvalue weighted by Gasteiger charge is 2.20. The van der Waals surface area contributed by atoms with E-state index in [1.807, 2.05) is 0 Å². The van der Waals surface area contributed by atoms with Crippen molar-refractivity contribution in [1.82, 2.24) is 10.2 Å². The fourth-order valence-corrected chi connectivity index (χ4v) is 5.00. The zero-order valence-electron chi connectivity index (χ0n) is 18.6. The number of likely N-dealkylation sites (tertiary alicyclic amines) is 1. The van der Waals surface area contributed by atoms with E-state index in [0.717, 1.165) is 13.0 Å². The molecule has 1 aliphatic heterocycles. The van der Waals surface area contributed by atoms with E-state index in [4.69, 9.17) is 4.74 Å². The molecule has 1 aromatic carbocycles. The van der Waals surface area contributed by atoms with E-state index >= 15 is 0 Å². The molecule has 1 atom stereocenters. The summed E-state index contributed by atoms with van der Waals surface area (Å²) in [6.45, 7) is 5.37. The van der Waals surface area contributed by atoms with Crippen LogP contribution in [0.2, 0.25) is 0 Å². The molecular weight excluding hydrogens is 402 g/mol. The molecule has 1 amide bonds. The number of nitrogens with one attached hydrogen (secondary N) is 1. The first-order chi connectivity index (χ1) is 14.3. The largest absolute Gasteiger partial charge is 0.497 e. The van der Waals surface area contributed by atoms with E-state index in [0.29, 0.717) is 36.9 Å². The third-order valence-electron chi connectivity index (χ3n) is 5.69. The lowest BCUT2D eigenvalue weighted by atomic mass is 10.00. The standard InChI is InChI=1S/C22H37N3O4S/c1-4-19-9-5-6-16-24(19)17-8-15-23-22(26)10-7-18-25(30(3,27)28)20-11-13-21(29-2)14-12-20/h11-14,19H,4-10,15-18H2,1-3H3,(H,23,26)/t19-/m0/s1. The topological polar surface area (TPSA) is 79.0 Å². The zero-order valence-corrected chi connectivity index (χ0v) is 19.4. The number of benzene rings is 1. The number of hydrogen-bond donors (Lipinski definition) is 1. The summed E-state index contributed by atoms with van der Waals surface area (Å²) in [5, 5.41) is 2.97. The third-order valence-corrected chi connectivity index (χ3v) is 6.88. The van der Waals surface area contributed by atoms with Crippen molar-refractivity contribution in [2.75, 3.05) is 43.8 Å². The van der Waals surface area contributed by atoms with E-state index in [1.165, 1.54) is 42.8 Å². The number of ether oxygens (including phenoxy) is 1. The molecule has 8 heteroatoms. The van der Waals surface area contributed by atoms with Crippen LogP contribution in [-0.4, -0.2) is 64.8 Å². The molecule has 0 spiro atoms. The summed E-state index contributed by atoms with van der Waals surface area (Å²) in [6.07, 6.45) is 7.98. The molecule has 0 unspecified atom stereocenters. The molecule has 1 fully saturated rings. The Balaban J connectivity index is 1.72. The number of sulfonamides is 1. The predicted molar refractivity (Wildman–Crippen MR) is 122 cm³/mol. The van der Waals surface area contributed by atoms with Gasteiger partial charge in [0.15, 0.2) is 0 Å². The van der Waals surface area contributed by atoms with Crippen LogP contribution in [-0.2, 0) is 14.8 Å². The molecule has 1 heterocycles. The van der Waals surface area contributed by atoms with Crippen LogP contribution in [0.1, 0.15) is 51.9 Å². The molecular formula is C22H37N3O4S. The van der Waals surface area contributed by atoms with Gasteiger partial charge < -0.3 is 15.0 Å². The zero-order chi connectivity index (χ0) is 22.0. The van der Waals surface area contributed by atoms with E-state index < -0.39 is 10.0 Å². The number of carbonyl (C=O) groups is 1. The summed E-state index contributed by atoms with van der Waals surface area (Å²) in [7, 11) is -1.86. The summed E-state index contributed by atoms with van der Waals surface area (Å²) < 4.78 is 30.8. The van der Waals surface area contributed by atoms with Crippen molar-refractivity contribution >= 4 is 21.6 Å². The van der Waals surface area contributed by atoms with E-state index in [9.17, 15) is 13.2 Å². The molecule has 30 heavy (non-hydrogen) atoms. The smallest absolute Gasteiger partial charge is 0.232 e. The van der Waals surface area contributed by atoms with Gasteiger partial charge in [-0.3, -0.25) is 9.10 Å². The van der Waals surface area contributed by atoms with Gasteiger partial charge >= 0.3 is 0 Å². The molecule has 2 rings (SSSR count). The Hall–Kier alpha value is -1.80. The molecule has 0 radical (unpaired) electrons. The van der Waals surface area contributed by atoms with Crippen molar-refractivity contribution in [2.45, 2.75) is 57.9 Å². The minimum Gasteiger partial charge on any atom is -0.497 e. The molecule has 170 valence electrons. The Morgan fingerprint density at radius 1 is 1.23 bits per heavy atom. The summed E-state index contributed by atoms with van der Waals surface area (Å²) >= 11 is 0. The molecule has 0 aliphatic carbocycles. The number of amides is 1. The van der Waals surface area contributed by atoms with Crippen LogP contribution < -0.4 is 14.4 Å². The van der Waals surface area contributed by atoms with Crippen LogP contribution in [0.4, 0.5) is 5.69 Å². The Morgan fingerprint density at radius 3 is 2.60 bits per heavy atom. The van der Waals surface area contributed by atoms with E-state index in [2.05, 4.69) is 17.1 Å². The highest BCUT2D eigenvalue weighted by atomic mass is 32.2. The minimum absolute atomic E-state index is 0.0242. The molecule has 1 aromatic rings. The number of rotatable bonds is 12. The average molecular weight is 440 g/mol. The number of nitrogens with zero attached hydrogens (tertiary/aromatic N) is 2. The van der Waals surface area contributed by atoms with E-state index in [1.54, 1.807) is 31.4 Å². The summed E-state index contributed by atoms with van der Waals surface area (Å²) in [4.78, 5) is 14.7. The van der Waals surface area contributed by atoms with Crippen LogP contribution in [0.3, 0.4) is 0 Å². The van der Waals surface area contributed by atoms with Gasteiger partial charge in [-0.15, -0.1) is 0 Å². The molecule has 1 saturated heterocycles. The van der Waals surface area contributed by atoms with Crippen LogP contribution in [0.15, 0.2) is 24.3 Å². The van der Waals surface area contributed by atoms with Gasteiger partial charge in [-0.2, -0.15) is 0 Å². The second-order valence-corrected chi connectivity index (χ2v) is 9.84. The lowest BCUT2D eigenvalue weighted by Gasteiger charge is -2.35. The van der Waals surface area contributed by atoms with Crippen molar-refractivity contribution in [1.29, 1.82) is 0 Å². The van der Waals surface area contributed by atoms with Gasteiger partial charge in [0.05, 0.1) is 19.1 Å². The molecule has 1 N–H and O–H groups in total. The van der Waals surface area contributed by atoms with Crippen LogP contribution in [0, 0.1) is 0 Å². The van der Waals surface area contributed by atoms with Crippen LogP contribution in [0.5, 0.6) is 5.75 Å². The average Bonchev–Trinajstić information content (AvgIpc) is 2.74. The van der Waals surface area contributed by atoms with Gasteiger partial charge in [-0.25, -0.2) is 8.42 Å².